The molecule has 6 heteroatoms. The summed E-state index contributed by atoms with van der Waals surface area (Å²) >= 11 is 4.92. The Morgan fingerprint density at radius 2 is 1.92 bits per heavy atom. The molecule has 0 amide bonds. The van der Waals surface area contributed by atoms with E-state index in [9.17, 15) is 4.79 Å². The van der Waals surface area contributed by atoms with E-state index >= 15 is 0 Å². The highest BCUT2D eigenvalue weighted by Crippen LogP contribution is 2.20. The molecule has 0 N–H and O–H groups in total. The number of fused-ring (bicyclic) bond motifs is 1. The lowest BCUT2D eigenvalue weighted by Crippen LogP contribution is -2.42. The number of rotatable bonds is 2. The molecule has 3 aromatic rings. The number of hydrogen-bond donors (Lipinski definition) is 0. The van der Waals surface area contributed by atoms with E-state index in [0.29, 0.717) is 17.9 Å². The fourth-order valence-corrected chi connectivity index (χ4v) is 4.54. The van der Waals surface area contributed by atoms with E-state index in [1.54, 1.807) is 4.57 Å². The molecule has 4 rings (SSSR count). The van der Waals surface area contributed by atoms with E-state index in [1.165, 1.54) is 22.5 Å². The van der Waals surface area contributed by atoms with Crippen LogP contribution in [0.4, 0.5) is 5.69 Å². The van der Waals surface area contributed by atoms with Gasteiger partial charge in [0.15, 0.2) is 4.80 Å². The Kier molecular flexibility index (Phi) is 4.54. The molecule has 1 aliphatic heterocycles. The summed E-state index contributed by atoms with van der Waals surface area (Å²) in [6.07, 6.45) is 1.93. The van der Waals surface area contributed by atoms with Crippen molar-refractivity contribution < 1.29 is 0 Å². The van der Waals surface area contributed by atoms with E-state index in [2.05, 4.69) is 57.9 Å². The molecule has 0 atom stereocenters. The van der Waals surface area contributed by atoms with Crippen LogP contribution < -0.4 is 19.8 Å². The van der Waals surface area contributed by atoms with Gasteiger partial charge in [0.1, 0.15) is 13.3 Å². The lowest BCUT2D eigenvalue weighted by molar-refractivity contribution is 0.569. The van der Waals surface area contributed by atoms with Crippen molar-refractivity contribution in [3.63, 3.8) is 0 Å². The quantitative estimate of drug-likeness (QED) is 0.629. The van der Waals surface area contributed by atoms with E-state index in [1.807, 2.05) is 30.3 Å². The summed E-state index contributed by atoms with van der Waals surface area (Å²) in [5.41, 5.74) is 4.55. The van der Waals surface area contributed by atoms with Gasteiger partial charge in [0.2, 0.25) is 0 Å². The van der Waals surface area contributed by atoms with Crippen LogP contribution in [0.25, 0.3) is 6.08 Å². The van der Waals surface area contributed by atoms with E-state index < -0.39 is 0 Å². The second kappa shape index (κ2) is 6.85. The molecule has 0 fully saturated rings. The molecule has 132 valence electrons. The average Bonchev–Trinajstić information content (AvgIpc) is 2.89. The number of thiazole rings is 1. The van der Waals surface area contributed by atoms with E-state index in [-0.39, 0.29) is 5.56 Å². The third-order valence-electron chi connectivity index (χ3n) is 4.29. The predicted molar refractivity (Wildman–Crippen MR) is 110 cm³/mol. The molecule has 2 heterocycles. The molecule has 2 aromatic carbocycles. The molecule has 0 bridgehead atoms. The van der Waals surface area contributed by atoms with Gasteiger partial charge in [0.25, 0.3) is 5.56 Å². The van der Waals surface area contributed by atoms with Crippen molar-refractivity contribution in [2.45, 2.75) is 20.5 Å². The van der Waals surface area contributed by atoms with E-state index in [0.717, 1.165) is 20.5 Å². The van der Waals surface area contributed by atoms with Crippen molar-refractivity contribution in [3.05, 3.63) is 83.3 Å². The predicted octanol–water partition coefficient (Wildman–Crippen LogP) is 3.17. The summed E-state index contributed by atoms with van der Waals surface area (Å²) in [4.78, 5) is 20.4. The van der Waals surface area contributed by atoms with Crippen molar-refractivity contribution in [2.24, 2.45) is 4.99 Å². The third kappa shape index (κ3) is 3.39. The summed E-state index contributed by atoms with van der Waals surface area (Å²) in [6.45, 7) is 5.28. The highest BCUT2D eigenvalue weighted by molar-refractivity contribution is 9.10. The second-order valence-electron chi connectivity index (χ2n) is 6.51. The van der Waals surface area contributed by atoms with Crippen molar-refractivity contribution in [2.75, 3.05) is 11.6 Å². The highest BCUT2D eigenvalue weighted by Gasteiger charge is 2.16. The smallest absolute Gasteiger partial charge is 0.271 e. The van der Waals surface area contributed by atoms with Crippen LogP contribution in [0, 0.1) is 13.8 Å². The first kappa shape index (κ1) is 17.2. The van der Waals surface area contributed by atoms with Crippen LogP contribution in [0.15, 0.2) is 56.7 Å². The Hall–Kier alpha value is -2.18. The first-order valence-corrected chi connectivity index (χ1v) is 9.95. The van der Waals surface area contributed by atoms with Crippen molar-refractivity contribution in [3.8, 4) is 0 Å². The minimum Gasteiger partial charge on any atom is -0.334 e. The zero-order valence-corrected chi connectivity index (χ0v) is 17.0. The number of halogens is 1. The molecule has 0 spiro atoms. The summed E-state index contributed by atoms with van der Waals surface area (Å²) in [6, 6.07) is 14.4. The standard InChI is InChI=1S/C20H18BrN3OS/c1-13-6-14(2)8-17(7-13)23-11-22-20-24(12-23)19(25)18(26-20)10-15-4-3-5-16(21)9-15/h3-10H,11-12H2,1-2H3. The number of benzene rings is 2. The Morgan fingerprint density at radius 1 is 1.15 bits per heavy atom. The van der Waals surface area contributed by atoms with Crippen LogP contribution in [0.2, 0.25) is 0 Å². The molecule has 4 nitrogen and oxygen atoms in total. The van der Waals surface area contributed by atoms with Gasteiger partial charge in [0.05, 0.1) is 4.53 Å². The van der Waals surface area contributed by atoms with Crippen molar-refractivity contribution in [1.82, 2.24) is 4.57 Å². The van der Waals surface area contributed by atoms with Crippen LogP contribution in [-0.2, 0) is 6.67 Å². The van der Waals surface area contributed by atoms with Crippen LogP contribution in [0.1, 0.15) is 16.7 Å². The first-order chi connectivity index (χ1) is 12.5. The zero-order valence-electron chi connectivity index (χ0n) is 14.6. The molecule has 1 aliphatic rings. The lowest BCUT2D eigenvalue weighted by Gasteiger charge is -2.26. The SMILES string of the molecule is Cc1cc(C)cc(N2CN=c3sc(=Cc4cccc(Br)c4)c(=O)n3C2)c1. The van der Waals surface area contributed by atoms with Crippen LogP contribution in [-0.4, -0.2) is 11.2 Å². The first-order valence-electron chi connectivity index (χ1n) is 8.34. The van der Waals surface area contributed by atoms with Crippen molar-refractivity contribution in [1.29, 1.82) is 0 Å². The molecule has 0 unspecified atom stereocenters. The molecular weight excluding hydrogens is 410 g/mol. The summed E-state index contributed by atoms with van der Waals surface area (Å²) in [5, 5.41) is 0. The summed E-state index contributed by atoms with van der Waals surface area (Å²) in [5.74, 6) is 0. The van der Waals surface area contributed by atoms with Crippen LogP contribution >= 0.6 is 27.3 Å². The van der Waals surface area contributed by atoms with Gasteiger partial charge in [-0.3, -0.25) is 9.36 Å². The Labute approximate surface area is 163 Å². The molecular formula is C20H18BrN3OS. The maximum atomic E-state index is 12.9. The molecule has 0 saturated heterocycles. The van der Waals surface area contributed by atoms with Gasteiger partial charge >= 0.3 is 0 Å². The van der Waals surface area contributed by atoms with Gasteiger partial charge in [-0.05, 0) is 60.9 Å². The van der Waals surface area contributed by atoms with E-state index in [4.69, 9.17) is 0 Å². The van der Waals surface area contributed by atoms with Gasteiger partial charge in [-0.15, -0.1) is 0 Å². The maximum Gasteiger partial charge on any atom is 0.271 e. The highest BCUT2D eigenvalue weighted by atomic mass is 79.9. The normalized spacial score (nSPS) is 14.3. The summed E-state index contributed by atoms with van der Waals surface area (Å²) in [7, 11) is 0. The number of aromatic nitrogens is 1. The Balaban J connectivity index is 1.73. The lowest BCUT2D eigenvalue weighted by atomic mass is 10.1. The van der Waals surface area contributed by atoms with Gasteiger partial charge in [-0.1, -0.05) is 45.5 Å². The molecule has 26 heavy (non-hydrogen) atoms. The topological polar surface area (TPSA) is 37.6 Å². The van der Waals surface area contributed by atoms with Crippen molar-refractivity contribution >= 4 is 39.0 Å². The zero-order chi connectivity index (χ0) is 18.3. The summed E-state index contributed by atoms with van der Waals surface area (Å²) < 4.78 is 3.47. The monoisotopic (exact) mass is 427 g/mol. The second-order valence-corrected chi connectivity index (χ2v) is 8.43. The largest absolute Gasteiger partial charge is 0.334 e. The number of anilines is 1. The number of nitrogens with zero attached hydrogens (tertiary/aromatic N) is 3. The molecule has 1 aromatic heterocycles. The molecule has 0 radical (unpaired) electrons. The van der Waals surface area contributed by atoms with Gasteiger partial charge in [-0.2, -0.15) is 0 Å². The van der Waals surface area contributed by atoms with Crippen LogP contribution in [0.3, 0.4) is 0 Å². The van der Waals surface area contributed by atoms with Crippen LogP contribution in [0.5, 0.6) is 0 Å². The maximum absolute atomic E-state index is 12.9. The Bertz CT molecular complexity index is 1140. The minimum absolute atomic E-state index is 0.0165. The Morgan fingerprint density at radius 3 is 2.65 bits per heavy atom. The number of aryl methyl sites for hydroxylation is 2. The average molecular weight is 428 g/mol. The molecule has 0 aliphatic carbocycles. The minimum atomic E-state index is 0.0165. The van der Waals surface area contributed by atoms with Gasteiger partial charge in [-0.25, -0.2) is 4.99 Å². The fraction of sp³-hybridized carbons (Fsp3) is 0.200. The van der Waals surface area contributed by atoms with Gasteiger partial charge < -0.3 is 4.90 Å². The number of hydrogen-bond acceptors (Lipinski definition) is 4. The third-order valence-corrected chi connectivity index (χ3v) is 5.83. The van der Waals surface area contributed by atoms with Gasteiger partial charge in [0, 0.05) is 10.2 Å². The fourth-order valence-electron chi connectivity index (χ4n) is 3.16. The molecule has 0 saturated carbocycles.